The van der Waals surface area contributed by atoms with Crippen LogP contribution in [0.25, 0.3) is 0 Å². The van der Waals surface area contributed by atoms with Crippen molar-refractivity contribution in [3.63, 3.8) is 0 Å². The van der Waals surface area contributed by atoms with Crippen LogP contribution >= 0.6 is 0 Å². The molecule has 77 valence electrons. The number of nitrogens with zero attached hydrogens (tertiary/aromatic N) is 4. The number of carbonyl (C=O) groups excluding carboxylic acids is 1. The van der Waals surface area contributed by atoms with Crippen LogP contribution in [0.15, 0.2) is 0 Å². The molecule has 0 aliphatic carbocycles. The Kier molecular flexibility index (Phi) is 5.25. The number of rotatable bonds is 3. The third-order valence-electron chi connectivity index (χ3n) is 1.33. The van der Waals surface area contributed by atoms with Gasteiger partial charge in [-0.1, -0.05) is 0 Å². The molecule has 0 N–H and O–H groups in total. The molecule has 1 heterocycles. The second-order valence-corrected chi connectivity index (χ2v) is 4.50. The van der Waals surface area contributed by atoms with Crippen LogP contribution in [0.3, 0.4) is 0 Å². The van der Waals surface area contributed by atoms with Crippen molar-refractivity contribution < 1.29 is 45.9 Å². The van der Waals surface area contributed by atoms with Crippen LogP contribution in [0.1, 0.15) is 10.6 Å². The van der Waals surface area contributed by atoms with Crippen molar-refractivity contribution in [3.8, 4) is 0 Å². The maximum Gasteiger partial charge on any atom is 0.306 e. The molecule has 0 saturated carbocycles. The van der Waals surface area contributed by atoms with E-state index in [-0.39, 0.29) is 32.7 Å². The van der Waals surface area contributed by atoms with Gasteiger partial charge >= 0.3 is 10.2 Å². The molecule has 1 aromatic heterocycles. The zero-order valence-electron chi connectivity index (χ0n) is 8.08. The fourth-order valence-corrected chi connectivity index (χ4v) is 1.22. The summed E-state index contributed by atoms with van der Waals surface area (Å²) in [6.07, 6.45) is 2.03. The molecule has 0 bridgehead atoms. The van der Waals surface area contributed by atoms with E-state index in [4.69, 9.17) is 7.85 Å². The number of hydrogen-bond acceptors (Lipinski definition) is 5. The first kappa shape index (κ1) is 14.9. The molecule has 10 heteroatoms. The first-order valence-corrected chi connectivity index (χ1v) is 4.83. The SMILES string of the molecule is [B]C(=O)c1n[c-]n(S(=O)(=O)N(C)C)n1.[Y]. The van der Waals surface area contributed by atoms with Gasteiger partial charge in [0.05, 0.1) is 5.68 Å². The molecule has 7 nitrogen and oxygen atoms in total. The van der Waals surface area contributed by atoms with Crippen molar-refractivity contribution in [1.29, 1.82) is 0 Å². The van der Waals surface area contributed by atoms with Crippen molar-refractivity contribution in [1.82, 2.24) is 18.5 Å². The molecule has 0 spiro atoms. The Morgan fingerprint density at radius 1 is 1.53 bits per heavy atom. The summed E-state index contributed by atoms with van der Waals surface area (Å²) in [5, 5.41) is 3.35. The zero-order valence-corrected chi connectivity index (χ0v) is 11.7. The molecule has 0 saturated heterocycles. The van der Waals surface area contributed by atoms with Crippen molar-refractivity contribution in [2.75, 3.05) is 14.1 Å². The van der Waals surface area contributed by atoms with Gasteiger partial charge in [-0.15, -0.1) is 0 Å². The van der Waals surface area contributed by atoms with Gasteiger partial charge in [0.15, 0.2) is 7.85 Å². The third kappa shape index (κ3) is 3.17. The van der Waals surface area contributed by atoms with E-state index in [1.165, 1.54) is 14.1 Å². The van der Waals surface area contributed by atoms with Gasteiger partial charge in [0.25, 0.3) is 0 Å². The topological polar surface area (TPSA) is 85.2 Å². The first-order chi connectivity index (χ1) is 6.35. The minimum Gasteiger partial charge on any atom is -0.411 e. The smallest absolute Gasteiger partial charge is 0.306 e. The van der Waals surface area contributed by atoms with E-state index in [9.17, 15) is 13.2 Å². The van der Waals surface area contributed by atoms with Gasteiger partial charge in [-0.2, -0.15) is 12.7 Å². The zero-order chi connectivity index (χ0) is 10.9. The van der Waals surface area contributed by atoms with Gasteiger partial charge in [-0.25, -0.2) is 4.09 Å². The summed E-state index contributed by atoms with van der Waals surface area (Å²) < 4.78 is 24.1. The molecule has 0 fully saturated rings. The van der Waals surface area contributed by atoms with E-state index in [2.05, 4.69) is 10.1 Å². The van der Waals surface area contributed by atoms with E-state index < -0.39 is 21.7 Å². The third-order valence-corrected chi connectivity index (χ3v) is 2.85. The molecular formula is C5H6BN4O3SY-. The Hall–Kier alpha value is -0.111. The van der Waals surface area contributed by atoms with Crippen LogP contribution in [0, 0.1) is 6.33 Å². The minimum atomic E-state index is -3.78. The fraction of sp³-hybridized carbons (Fsp3) is 0.400. The molecule has 0 aromatic carbocycles. The van der Waals surface area contributed by atoms with Crippen molar-refractivity contribution >= 4 is 23.7 Å². The molecule has 0 atom stereocenters. The Balaban J connectivity index is 0.00000196. The van der Waals surface area contributed by atoms with Crippen molar-refractivity contribution in [2.45, 2.75) is 0 Å². The maximum absolute atomic E-state index is 11.4. The number of aromatic nitrogens is 3. The van der Waals surface area contributed by atoms with E-state index in [0.717, 1.165) is 4.31 Å². The molecule has 15 heavy (non-hydrogen) atoms. The van der Waals surface area contributed by atoms with Crippen LogP contribution in [0.5, 0.6) is 0 Å². The van der Waals surface area contributed by atoms with Crippen LogP contribution in [-0.2, 0) is 42.9 Å². The molecule has 0 aliphatic rings. The molecule has 3 radical (unpaired) electrons. The normalized spacial score (nSPS) is 11.1. The predicted octanol–water partition coefficient (Wildman–Crippen LogP) is -1.96. The van der Waals surface area contributed by atoms with Crippen LogP contribution in [0.2, 0.25) is 0 Å². The average molecular weight is 302 g/mol. The average Bonchev–Trinajstić information content (AvgIpc) is 2.51. The molecule has 1 aromatic rings. The standard InChI is InChI=1S/C5H6BN4O3S.Y/c1-9(2)14(12,13)10-3-7-5(8-10)4(6)11;/h1-2H3;/q-1;. The summed E-state index contributed by atoms with van der Waals surface area (Å²) in [6, 6.07) is 0. The van der Waals surface area contributed by atoms with E-state index in [1.807, 2.05) is 6.33 Å². The number of hydrogen-bond donors (Lipinski definition) is 0. The van der Waals surface area contributed by atoms with Gasteiger partial charge in [0, 0.05) is 52.6 Å². The summed E-state index contributed by atoms with van der Waals surface area (Å²) in [7, 11) is 3.69. The van der Waals surface area contributed by atoms with E-state index in [1.54, 1.807) is 0 Å². The van der Waals surface area contributed by atoms with E-state index >= 15 is 0 Å². The van der Waals surface area contributed by atoms with Crippen molar-refractivity contribution in [3.05, 3.63) is 12.2 Å². The summed E-state index contributed by atoms with van der Waals surface area (Å²) in [5.41, 5.74) is -0.908. The second kappa shape index (κ2) is 5.29. The van der Waals surface area contributed by atoms with Gasteiger partial charge in [0.2, 0.25) is 0 Å². The van der Waals surface area contributed by atoms with E-state index in [0.29, 0.717) is 4.09 Å². The summed E-state index contributed by atoms with van der Waals surface area (Å²) in [5.74, 6) is -0.393. The van der Waals surface area contributed by atoms with Crippen LogP contribution in [0.4, 0.5) is 0 Å². The van der Waals surface area contributed by atoms with Gasteiger partial charge in [-0.3, -0.25) is 5.10 Å². The van der Waals surface area contributed by atoms with Crippen LogP contribution in [-0.4, -0.2) is 54.5 Å². The monoisotopic (exact) mass is 302 g/mol. The molecular weight excluding hydrogens is 296 g/mol. The largest absolute Gasteiger partial charge is 0.411 e. The molecule has 1 rings (SSSR count). The van der Waals surface area contributed by atoms with Crippen molar-refractivity contribution in [2.24, 2.45) is 0 Å². The Labute approximate surface area is 114 Å². The Bertz CT molecular complexity index is 457. The van der Waals surface area contributed by atoms with Gasteiger partial charge < -0.3 is 9.78 Å². The summed E-state index contributed by atoms with van der Waals surface area (Å²) in [4.78, 5) is 13.9. The quantitative estimate of drug-likeness (QED) is 0.478. The first-order valence-electron chi connectivity index (χ1n) is 3.43. The Morgan fingerprint density at radius 2 is 2.07 bits per heavy atom. The summed E-state index contributed by atoms with van der Waals surface area (Å²) >= 11 is 0. The number of carbonyl (C=O) groups is 1. The Morgan fingerprint density at radius 3 is 2.40 bits per heavy atom. The van der Waals surface area contributed by atoms with Gasteiger partial charge in [-0.05, 0) is 6.33 Å². The van der Waals surface area contributed by atoms with Gasteiger partial charge in [0.1, 0.15) is 0 Å². The van der Waals surface area contributed by atoms with Crippen LogP contribution < -0.4 is 0 Å². The molecule has 0 aliphatic heterocycles. The molecule has 0 unspecified atom stereocenters. The second-order valence-electron chi connectivity index (χ2n) is 2.53. The predicted molar refractivity (Wildman–Crippen MR) is 46.9 cm³/mol. The summed E-state index contributed by atoms with van der Waals surface area (Å²) in [6.45, 7) is 0. The molecule has 0 amide bonds. The fourth-order valence-electron chi connectivity index (χ4n) is 0.583. The maximum atomic E-state index is 11.4. The minimum absolute atomic E-state index is 0.